The van der Waals surface area contributed by atoms with Crippen molar-refractivity contribution in [3.8, 4) is 0 Å². The van der Waals surface area contributed by atoms with Crippen LogP contribution in [0.5, 0.6) is 0 Å². The molecule has 1 amide bonds. The predicted molar refractivity (Wildman–Crippen MR) is 118 cm³/mol. The van der Waals surface area contributed by atoms with Crippen LogP contribution >= 0.6 is 11.8 Å². The first-order valence-electron chi connectivity index (χ1n) is 9.22. The van der Waals surface area contributed by atoms with E-state index in [1.807, 2.05) is 6.26 Å². The first-order chi connectivity index (χ1) is 14.1. The van der Waals surface area contributed by atoms with Crippen molar-refractivity contribution in [2.45, 2.75) is 34.5 Å². The molecule has 0 saturated carbocycles. The highest BCUT2D eigenvalue weighted by Crippen LogP contribution is 2.29. The van der Waals surface area contributed by atoms with Crippen molar-refractivity contribution in [2.24, 2.45) is 0 Å². The number of rotatable bonds is 7. The van der Waals surface area contributed by atoms with Crippen LogP contribution in [0.2, 0.25) is 0 Å². The molecule has 1 aliphatic rings. The van der Waals surface area contributed by atoms with Gasteiger partial charge < -0.3 is 5.32 Å². The minimum absolute atomic E-state index is 0.0159. The van der Waals surface area contributed by atoms with Crippen LogP contribution in [-0.2, 0) is 24.8 Å². The summed E-state index contributed by atoms with van der Waals surface area (Å²) in [6, 6.07) is 10.1. The lowest BCUT2D eigenvalue weighted by molar-refractivity contribution is -0.114. The first kappa shape index (κ1) is 22.6. The van der Waals surface area contributed by atoms with Crippen molar-refractivity contribution in [3.63, 3.8) is 0 Å². The van der Waals surface area contributed by atoms with Crippen LogP contribution in [0.15, 0.2) is 57.2 Å². The number of carbonyl (C=O) groups is 1. The zero-order valence-corrected chi connectivity index (χ0v) is 19.0. The van der Waals surface area contributed by atoms with Crippen LogP contribution in [0.1, 0.15) is 19.8 Å². The van der Waals surface area contributed by atoms with Gasteiger partial charge in [0.1, 0.15) is 0 Å². The van der Waals surface area contributed by atoms with E-state index < -0.39 is 20.0 Å². The summed E-state index contributed by atoms with van der Waals surface area (Å²) in [7, 11) is -7.49. The molecule has 8 nitrogen and oxygen atoms in total. The Bertz CT molecular complexity index is 1140. The Morgan fingerprint density at radius 2 is 1.57 bits per heavy atom. The molecule has 2 aromatic rings. The lowest BCUT2D eigenvalue weighted by Crippen LogP contribution is -2.27. The summed E-state index contributed by atoms with van der Waals surface area (Å²) in [5, 5.41) is 2.63. The second kappa shape index (κ2) is 8.96. The van der Waals surface area contributed by atoms with Gasteiger partial charge in [-0.15, -0.1) is 11.8 Å². The van der Waals surface area contributed by atoms with E-state index in [-0.39, 0.29) is 21.4 Å². The topological polar surface area (TPSA) is 113 Å². The van der Waals surface area contributed by atoms with E-state index in [0.29, 0.717) is 18.8 Å². The maximum absolute atomic E-state index is 12.8. The fraction of sp³-hybridized carbons (Fsp3) is 0.316. The number of nitrogens with zero attached hydrogens (tertiary/aromatic N) is 1. The van der Waals surface area contributed by atoms with Crippen molar-refractivity contribution in [2.75, 3.05) is 29.4 Å². The molecule has 2 N–H and O–H groups in total. The van der Waals surface area contributed by atoms with Crippen molar-refractivity contribution in [1.82, 2.24) is 4.31 Å². The van der Waals surface area contributed by atoms with Gasteiger partial charge in [0.05, 0.1) is 15.5 Å². The highest BCUT2D eigenvalue weighted by atomic mass is 32.2. The fourth-order valence-corrected chi connectivity index (χ4v) is 6.26. The summed E-state index contributed by atoms with van der Waals surface area (Å²) in [5.41, 5.74) is 0.648. The molecule has 1 saturated heterocycles. The molecular weight excluding hydrogens is 446 g/mol. The highest BCUT2D eigenvalue weighted by Gasteiger charge is 2.27. The van der Waals surface area contributed by atoms with Crippen molar-refractivity contribution in [3.05, 3.63) is 42.5 Å². The van der Waals surface area contributed by atoms with Crippen LogP contribution in [0.25, 0.3) is 0 Å². The van der Waals surface area contributed by atoms with Gasteiger partial charge in [0.25, 0.3) is 10.0 Å². The van der Waals surface area contributed by atoms with Crippen LogP contribution in [-0.4, -0.2) is 46.4 Å². The summed E-state index contributed by atoms with van der Waals surface area (Å²) in [4.78, 5) is 12.3. The number of thioether (sulfide) groups is 1. The van der Waals surface area contributed by atoms with E-state index in [1.54, 1.807) is 6.07 Å². The third kappa shape index (κ3) is 4.97. The molecule has 0 aromatic heterocycles. The van der Waals surface area contributed by atoms with Crippen LogP contribution < -0.4 is 10.0 Å². The van der Waals surface area contributed by atoms with Crippen LogP contribution in [0, 0.1) is 0 Å². The average molecular weight is 470 g/mol. The number of hydrogen-bond donors (Lipinski definition) is 2. The molecular formula is C19H23N3O5S3. The molecule has 0 aliphatic carbocycles. The van der Waals surface area contributed by atoms with Gasteiger partial charge in [-0.1, -0.05) is 0 Å². The maximum atomic E-state index is 12.8. The van der Waals surface area contributed by atoms with E-state index in [2.05, 4.69) is 10.0 Å². The lowest BCUT2D eigenvalue weighted by atomic mass is 10.3. The number of nitrogens with one attached hydrogen (secondary N) is 2. The summed E-state index contributed by atoms with van der Waals surface area (Å²) in [6.07, 6.45) is 3.50. The van der Waals surface area contributed by atoms with Crippen molar-refractivity contribution >= 4 is 49.1 Å². The van der Waals surface area contributed by atoms with Crippen LogP contribution in [0.3, 0.4) is 0 Å². The van der Waals surface area contributed by atoms with Gasteiger partial charge in [-0.05, 0) is 61.6 Å². The monoisotopic (exact) mass is 469 g/mol. The molecule has 0 radical (unpaired) electrons. The Morgan fingerprint density at radius 3 is 2.13 bits per heavy atom. The third-order valence-electron chi connectivity index (χ3n) is 4.60. The Balaban J connectivity index is 1.82. The zero-order chi connectivity index (χ0) is 21.9. The smallest absolute Gasteiger partial charge is 0.261 e. The largest absolute Gasteiger partial charge is 0.325 e. The molecule has 3 rings (SSSR count). The van der Waals surface area contributed by atoms with E-state index in [4.69, 9.17) is 0 Å². The summed E-state index contributed by atoms with van der Waals surface area (Å²) < 4.78 is 54.6. The second-order valence-corrected chi connectivity index (χ2v) is 11.3. The third-order valence-corrected chi connectivity index (χ3v) is 8.69. The van der Waals surface area contributed by atoms with E-state index in [1.165, 1.54) is 59.4 Å². The minimum atomic E-state index is -3.93. The van der Waals surface area contributed by atoms with E-state index in [0.717, 1.165) is 17.7 Å². The molecule has 1 heterocycles. The summed E-state index contributed by atoms with van der Waals surface area (Å²) in [6.45, 7) is 2.35. The van der Waals surface area contributed by atoms with Crippen molar-refractivity contribution < 1.29 is 21.6 Å². The Kier molecular flexibility index (Phi) is 6.75. The molecule has 0 bridgehead atoms. The average Bonchev–Trinajstić information content (AvgIpc) is 3.23. The van der Waals surface area contributed by atoms with Gasteiger partial charge in [0.2, 0.25) is 15.9 Å². The van der Waals surface area contributed by atoms with Gasteiger partial charge in [-0.3, -0.25) is 9.52 Å². The standard InChI is InChI=1S/C19H23N3O5S3/c1-14(23)20-18-13-17(9-10-19(18)28-2)29(24,25)21-15-5-7-16(8-6-15)30(26,27)22-11-3-4-12-22/h5-10,13,21H,3-4,11-12H2,1-2H3,(H,20,23). The first-order valence-corrected chi connectivity index (χ1v) is 13.4. The minimum Gasteiger partial charge on any atom is -0.325 e. The van der Waals surface area contributed by atoms with E-state index in [9.17, 15) is 21.6 Å². The van der Waals surface area contributed by atoms with E-state index >= 15 is 0 Å². The number of amides is 1. The predicted octanol–water partition coefficient (Wildman–Crippen LogP) is 2.95. The summed E-state index contributed by atoms with van der Waals surface area (Å²) in [5.74, 6) is -0.303. The number of hydrogen-bond acceptors (Lipinski definition) is 6. The Morgan fingerprint density at radius 1 is 0.967 bits per heavy atom. The second-order valence-electron chi connectivity index (χ2n) is 6.78. The van der Waals surface area contributed by atoms with Gasteiger partial charge in [0.15, 0.2) is 0 Å². The molecule has 0 unspecified atom stereocenters. The number of anilines is 2. The number of carbonyl (C=O) groups excluding carboxylic acids is 1. The highest BCUT2D eigenvalue weighted by molar-refractivity contribution is 7.98. The molecule has 1 aliphatic heterocycles. The van der Waals surface area contributed by atoms with Gasteiger partial charge in [0, 0.05) is 30.6 Å². The Hall–Kier alpha value is -2.08. The molecule has 11 heteroatoms. The van der Waals surface area contributed by atoms with Gasteiger partial charge in [-0.2, -0.15) is 4.31 Å². The molecule has 0 atom stereocenters. The van der Waals surface area contributed by atoms with Gasteiger partial charge in [-0.25, -0.2) is 16.8 Å². The summed E-state index contributed by atoms with van der Waals surface area (Å²) >= 11 is 1.38. The number of benzene rings is 2. The van der Waals surface area contributed by atoms with Crippen LogP contribution in [0.4, 0.5) is 11.4 Å². The molecule has 0 spiro atoms. The lowest BCUT2D eigenvalue weighted by Gasteiger charge is -2.16. The number of sulfonamides is 2. The molecule has 2 aromatic carbocycles. The zero-order valence-electron chi connectivity index (χ0n) is 16.6. The normalized spacial score (nSPS) is 15.1. The maximum Gasteiger partial charge on any atom is 0.261 e. The fourth-order valence-electron chi connectivity index (χ4n) is 3.13. The quantitative estimate of drug-likeness (QED) is 0.603. The van der Waals surface area contributed by atoms with Crippen molar-refractivity contribution in [1.29, 1.82) is 0 Å². The molecule has 30 heavy (non-hydrogen) atoms. The SMILES string of the molecule is CSc1ccc(S(=O)(=O)Nc2ccc(S(=O)(=O)N3CCCC3)cc2)cc1NC(C)=O. The molecule has 1 fully saturated rings. The van der Waals surface area contributed by atoms with Gasteiger partial charge >= 0.3 is 0 Å². The molecule has 162 valence electrons. The Labute approximate surface area is 181 Å².